The number of halogens is 2. The third-order valence-electron chi connectivity index (χ3n) is 2.75. The van der Waals surface area contributed by atoms with Gasteiger partial charge in [-0.15, -0.1) is 11.3 Å². The van der Waals surface area contributed by atoms with Crippen LogP contribution in [0.5, 0.6) is 0 Å². The third kappa shape index (κ3) is 3.16. The second-order valence-corrected chi connectivity index (χ2v) is 6.63. The van der Waals surface area contributed by atoms with Crippen molar-refractivity contribution in [2.75, 3.05) is 0 Å². The molecule has 2 aromatic rings. The highest BCUT2D eigenvalue weighted by Crippen LogP contribution is 2.34. The van der Waals surface area contributed by atoms with E-state index in [1.54, 1.807) is 12.1 Å². The van der Waals surface area contributed by atoms with Crippen LogP contribution in [0.15, 0.2) is 22.7 Å². The van der Waals surface area contributed by atoms with Crippen LogP contribution in [0.25, 0.3) is 10.1 Å². The van der Waals surface area contributed by atoms with Gasteiger partial charge in [0.25, 0.3) is 0 Å². The number of thiophene rings is 1. The lowest BCUT2D eigenvalue weighted by molar-refractivity contribution is -0.141. The molecule has 1 aromatic carbocycles. The number of hydrogen-bond donors (Lipinski definition) is 1. The van der Waals surface area contributed by atoms with Crippen molar-refractivity contribution >= 4 is 60.7 Å². The minimum absolute atomic E-state index is 0.0110. The number of carboxylic acid groups (broad SMARTS) is 1. The molecule has 0 fully saturated rings. The maximum atomic E-state index is 12.0. The van der Waals surface area contributed by atoms with Gasteiger partial charge in [0.05, 0.1) is 15.8 Å². The minimum Gasteiger partial charge on any atom is -0.481 e. The van der Waals surface area contributed by atoms with Crippen LogP contribution in [0.1, 0.15) is 23.0 Å². The summed E-state index contributed by atoms with van der Waals surface area (Å²) in [4.78, 5) is 23.3. The first-order valence-corrected chi connectivity index (χ1v) is 7.52. The van der Waals surface area contributed by atoms with E-state index in [0.717, 1.165) is 14.6 Å². The number of carboxylic acids is 1. The highest BCUT2D eigenvalue weighted by molar-refractivity contribution is 9.10. The molecule has 0 amide bonds. The number of hydrogen-bond acceptors (Lipinski definition) is 3. The number of rotatable bonds is 4. The van der Waals surface area contributed by atoms with Crippen LogP contribution in [-0.4, -0.2) is 16.9 Å². The number of aliphatic carboxylic acids is 1. The molecule has 0 spiro atoms. The second kappa shape index (κ2) is 5.61. The first-order valence-electron chi connectivity index (χ1n) is 5.53. The van der Waals surface area contributed by atoms with Crippen molar-refractivity contribution in [2.24, 2.45) is 5.92 Å². The highest BCUT2D eigenvalue weighted by Gasteiger charge is 2.19. The van der Waals surface area contributed by atoms with E-state index in [9.17, 15) is 9.59 Å². The van der Waals surface area contributed by atoms with Crippen LogP contribution < -0.4 is 0 Å². The molecule has 1 heterocycles. The quantitative estimate of drug-likeness (QED) is 0.809. The van der Waals surface area contributed by atoms with Gasteiger partial charge < -0.3 is 5.11 Å². The molecule has 3 nitrogen and oxygen atoms in total. The first kappa shape index (κ1) is 14.5. The lowest BCUT2D eigenvalue weighted by Gasteiger charge is -2.02. The summed E-state index contributed by atoms with van der Waals surface area (Å²) in [5.74, 6) is -1.78. The molecule has 1 unspecified atom stereocenters. The van der Waals surface area contributed by atoms with E-state index in [2.05, 4.69) is 15.9 Å². The Morgan fingerprint density at radius 2 is 2.11 bits per heavy atom. The summed E-state index contributed by atoms with van der Waals surface area (Å²) in [5, 5.41) is 10.3. The molecule has 100 valence electrons. The molecule has 0 saturated carbocycles. The van der Waals surface area contributed by atoms with E-state index in [-0.39, 0.29) is 12.2 Å². The van der Waals surface area contributed by atoms with Gasteiger partial charge in [0.1, 0.15) is 0 Å². The van der Waals surface area contributed by atoms with Gasteiger partial charge in [-0.25, -0.2) is 0 Å². The molecule has 0 aliphatic rings. The largest absolute Gasteiger partial charge is 0.481 e. The van der Waals surface area contributed by atoms with Crippen molar-refractivity contribution in [3.05, 3.63) is 32.6 Å². The average molecular weight is 362 g/mol. The number of carbonyl (C=O) groups is 2. The summed E-state index contributed by atoms with van der Waals surface area (Å²) < 4.78 is 1.73. The Hall–Kier alpha value is -0.910. The minimum atomic E-state index is -0.958. The molecule has 0 bridgehead atoms. The Balaban J connectivity index is 2.31. The zero-order chi connectivity index (χ0) is 14.2. The normalized spacial score (nSPS) is 12.6. The zero-order valence-corrected chi connectivity index (χ0v) is 13.1. The molecule has 0 saturated heterocycles. The van der Waals surface area contributed by atoms with E-state index in [1.807, 2.05) is 6.07 Å². The number of Topliss-reactive ketones (excluding diaryl/α,β-unsaturated/α-hetero) is 1. The number of benzene rings is 1. The first-order chi connectivity index (χ1) is 8.88. The highest BCUT2D eigenvalue weighted by atomic mass is 79.9. The van der Waals surface area contributed by atoms with Crippen molar-refractivity contribution in [3.8, 4) is 0 Å². The molecule has 19 heavy (non-hydrogen) atoms. The Bertz CT molecular complexity index is 626. The zero-order valence-electron chi connectivity index (χ0n) is 9.94. The van der Waals surface area contributed by atoms with Crippen molar-refractivity contribution in [1.29, 1.82) is 0 Å². The van der Waals surface area contributed by atoms with Gasteiger partial charge in [-0.1, -0.05) is 18.5 Å². The van der Waals surface area contributed by atoms with E-state index >= 15 is 0 Å². The smallest absolute Gasteiger partial charge is 0.306 e. The van der Waals surface area contributed by atoms with Gasteiger partial charge in [0.2, 0.25) is 0 Å². The fraction of sp³-hybridized carbons (Fsp3) is 0.231. The van der Waals surface area contributed by atoms with Crippen molar-refractivity contribution in [2.45, 2.75) is 13.3 Å². The van der Waals surface area contributed by atoms with Gasteiger partial charge >= 0.3 is 5.97 Å². The van der Waals surface area contributed by atoms with Gasteiger partial charge in [-0.3, -0.25) is 9.59 Å². The Kier molecular flexibility index (Phi) is 4.28. The van der Waals surface area contributed by atoms with Crippen LogP contribution in [0.3, 0.4) is 0 Å². The Morgan fingerprint density at radius 3 is 2.74 bits per heavy atom. The summed E-state index contributed by atoms with van der Waals surface area (Å²) in [5.41, 5.74) is 0. The molecule has 2 rings (SSSR count). The van der Waals surface area contributed by atoms with Gasteiger partial charge in [0.15, 0.2) is 5.78 Å². The fourth-order valence-corrected chi connectivity index (χ4v) is 3.34. The number of ketones is 1. The molecule has 0 radical (unpaired) electrons. The summed E-state index contributed by atoms with van der Waals surface area (Å²) >= 11 is 10.7. The molecule has 1 N–H and O–H groups in total. The van der Waals surface area contributed by atoms with Crippen LogP contribution >= 0.6 is 38.9 Å². The van der Waals surface area contributed by atoms with Crippen LogP contribution in [0.2, 0.25) is 5.02 Å². The predicted molar refractivity (Wildman–Crippen MR) is 80.3 cm³/mol. The van der Waals surface area contributed by atoms with Crippen molar-refractivity contribution in [1.82, 2.24) is 0 Å². The summed E-state index contributed by atoms with van der Waals surface area (Å²) in [6.45, 7) is 1.53. The molecule has 0 aliphatic carbocycles. The lowest BCUT2D eigenvalue weighted by atomic mass is 10.0. The summed E-state index contributed by atoms with van der Waals surface area (Å²) in [6, 6.07) is 5.41. The van der Waals surface area contributed by atoms with Crippen LogP contribution in [-0.2, 0) is 4.79 Å². The monoisotopic (exact) mass is 360 g/mol. The van der Waals surface area contributed by atoms with E-state index in [4.69, 9.17) is 16.7 Å². The lowest BCUT2D eigenvalue weighted by Crippen LogP contribution is -2.13. The predicted octanol–water partition coefficient (Wildman–Crippen LogP) is 4.61. The molecular formula is C13H10BrClO3S. The Morgan fingerprint density at radius 1 is 1.42 bits per heavy atom. The molecule has 1 aromatic heterocycles. The van der Waals surface area contributed by atoms with Crippen molar-refractivity contribution in [3.63, 3.8) is 0 Å². The van der Waals surface area contributed by atoms with Crippen LogP contribution in [0, 0.1) is 5.92 Å². The molecular weight excluding hydrogens is 352 g/mol. The Labute approximate surface area is 127 Å². The van der Waals surface area contributed by atoms with Gasteiger partial charge in [-0.2, -0.15) is 0 Å². The number of carbonyl (C=O) groups excluding carboxylic acids is 1. The van der Waals surface area contributed by atoms with Gasteiger partial charge in [-0.05, 0) is 39.5 Å². The van der Waals surface area contributed by atoms with Gasteiger partial charge in [0, 0.05) is 15.6 Å². The topological polar surface area (TPSA) is 54.4 Å². The molecule has 1 atom stereocenters. The van der Waals surface area contributed by atoms with Crippen molar-refractivity contribution < 1.29 is 14.7 Å². The van der Waals surface area contributed by atoms with Crippen LogP contribution in [0.4, 0.5) is 0 Å². The standard InChI is InChI=1S/C13H10BrClO3S/c1-6(13(17)18)2-10(16)12-4-7-3-9(15)8(14)5-11(7)19-12/h3-6H,2H2,1H3,(H,17,18). The SMILES string of the molecule is CC(CC(=O)c1cc2cc(Cl)c(Br)cc2s1)C(=O)O. The van der Waals surface area contributed by atoms with E-state index in [1.165, 1.54) is 18.3 Å². The van der Waals surface area contributed by atoms with E-state index < -0.39 is 11.9 Å². The number of fused-ring (bicyclic) bond motifs is 1. The second-order valence-electron chi connectivity index (χ2n) is 4.28. The van der Waals surface area contributed by atoms with E-state index in [0.29, 0.717) is 9.90 Å². The summed E-state index contributed by atoms with van der Waals surface area (Å²) in [6.07, 6.45) is 0.0110. The summed E-state index contributed by atoms with van der Waals surface area (Å²) in [7, 11) is 0. The fourth-order valence-electron chi connectivity index (χ4n) is 1.64. The average Bonchev–Trinajstić information content (AvgIpc) is 2.72. The maximum Gasteiger partial charge on any atom is 0.306 e. The maximum absolute atomic E-state index is 12.0. The molecule has 0 aliphatic heterocycles. The molecule has 6 heteroatoms. The third-order valence-corrected chi connectivity index (χ3v) is 5.08.